The molecule has 0 radical (unpaired) electrons. The number of ether oxygens (including phenoxy) is 2. The molecule has 0 amide bonds. The standard InChI is InChI=1S/C8H12N2O2/c1-10-5-7(4-9-6-10)8-11-2-3-12-8/h4,6,8H,2-3,5H2,1H3. The zero-order valence-corrected chi connectivity index (χ0v) is 7.06. The van der Waals surface area contributed by atoms with Gasteiger partial charge in [-0.25, -0.2) is 4.99 Å². The highest BCUT2D eigenvalue weighted by molar-refractivity contribution is 5.57. The fourth-order valence-electron chi connectivity index (χ4n) is 1.32. The third-order valence-corrected chi connectivity index (χ3v) is 1.86. The van der Waals surface area contributed by atoms with Crippen molar-refractivity contribution in [1.29, 1.82) is 0 Å². The largest absolute Gasteiger partial charge is 0.361 e. The molecule has 1 saturated heterocycles. The highest BCUT2D eigenvalue weighted by Crippen LogP contribution is 2.16. The van der Waals surface area contributed by atoms with Gasteiger partial charge in [0.25, 0.3) is 0 Å². The normalized spacial score (nSPS) is 24.8. The molecule has 66 valence electrons. The van der Waals surface area contributed by atoms with E-state index in [1.54, 1.807) is 6.34 Å². The van der Waals surface area contributed by atoms with E-state index < -0.39 is 0 Å². The molecule has 0 aliphatic carbocycles. The summed E-state index contributed by atoms with van der Waals surface area (Å²) in [6, 6.07) is 0. The maximum Gasteiger partial charge on any atom is 0.183 e. The third-order valence-electron chi connectivity index (χ3n) is 1.86. The summed E-state index contributed by atoms with van der Waals surface area (Å²) in [5.41, 5.74) is 1.09. The van der Waals surface area contributed by atoms with Crippen LogP contribution in [0.1, 0.15) is 0 Å². The highest BCUT2D eigenvalue weighted by atomic mass is 16.7. The third kappa shape index (κ3) is 1.49. The van der Waals surface area contributed by atoms with Crippen LogP contribution in [0.4, 0.5) is 0 Å². The number of nitrogens with zero attached hydrogens (tertiary/aromatic N) is 2. The topological polar surface area (TPSA) is 34.1 Å². The van der Waals surface area contributed by atoms with E-state index in [0.29, 0.717) is 13.2 Å². The minimum absolute atomic E-state index is 0.162. The minimum Gasteiger partial charge on any atom is -0.361 e. The van der Waals surface area contributed by atoms with Gasteiger partial charge < -0.3 is 14.4 Å². The van der Waals surface area contributed by atoms with Gasteiger partial charge in [-0.15, -0.1) is 0 Å². The summed E-state index contributed by atoms with van der Waals surface area (Å²) in [5, 5.41) is 0. The summed E-state index contributed by atoms with van der Waals surface area (Å²) < 4.78 is 10.7. The lowest BCUT2D eigenvalue weighted by atomic mass is 10.2. The summed E-state index contributed by atoms with van der Waals surface area (Å²) in [4.78, 5) is 6.06. The smallest absolute Gasteiger partial charge is 0.183 e. The van der Waals surface area contributed by atoms with Gasteiger partial charge in [0.05, 0.1) is 19.6 Å². The molecule has 0 bridgehead atoms. The Labute approximate surface area is 71.5 Å². The van der Waals surface area contributed by atoms with Crippen molar-refractivity contribution < 1.29 is 9.47 Å². The quantitative estimate of drug-likeness (QED) is 0.561. The van der Waals surface area contributed by atoms with Crippen molar-refractivity contribution in [2.75, 3.05) is 26.8 Å². The van der Waals surface area contributed by atoms with Gasteiger partial charge in [-0.05, 0) is 0 Å². The fourth-order valence-corrected chi connectivity index (χ4v) is 1.32. The second-order valence-corrected chi connectivity index (χ2v) is 2.96. The van der Waals surface area contributed by atoms with Crippen molar-refractivity contribution in [3.8, 4) is 0 Å². The van der Waals surface area contributed by atoms with Crippen LogP contribution >= 0.6 is 0 Å². The molecule has 12 heavy (non-hydrogen) atoms. The Morgan fingerprint density at radius 1 is 1.50 bits per heavy atom. The van der Waals surface area contributed by atoms with Crippen LogP contribution < -0.4 is 0 Å². The molecule has 0 atom stereocenters. The van der Waals surface area contributed by atoms with E-state index in [-0.39, 0.29) is 6.29 Å². The summed E-state index contributed by atoms with van der Waals surface area (Å²) in [6.07, 6.45) is 3.44. The average Bonchev–Trinajstić information content (AvgIpc) is 2.56. The maximum absolute atomic E-state index is 5.35. The number of hydrogen-bond acceptors (Lipinski definition) is 4. The van der Waals surface area contributed by atoms with E-state index in [0.717, 1.165) is 12.1 Å². The summed E-state index contributed by atoms with van der Waals surface area (Å²) in [7, 11) is 1.98. The van der Waals surface area contributed by atoms with Crippen molar-refractivity contribution in [2.24, 2.45) is 4.99 Å². The predicted octanol–water partition coefficient (Wildman–Crippen LogP) is 0.217. The number of likely N-dealkylation sites (N-methyl/N-ethyl adjacent to an activating group) is 1. The first-order valence-corrected chi connectivity index (χ1v) is 4.02. The van der Waals surface area contributed by atoms with Crippen molar-refractivity contribution >= 4 is 6.34 Å². The number of aliphatic imine (C=N–C) groups is 1. The molecular formula is C8H12N2O2. The van der Waals surface area contributed by atoms with Gasteiger partial charge in [0.2, 0.25) is 0 Å². The summed E-state index contributed by atoms with van der Waals surface area (Å²) in [6.45, 7) is 2.22. The molecule has 0 N–H and O–H groups in total. The Bertz CT molecular complexity index is 219. The molecule has 4 nitrogen and oxygen atoms in total. The first kappa shape index (κ1) is 7.76. The Morgan fingerprint density at radius 2 is 2.25 bits per heavy atom. The molecule has 2 rings (SSSR count). The predicted molar refractivity (Wildman–Crippen MR) is 44.9 cm³/mol. The zero-order chi connectivity index (χ0) is 8.39. The molecule has 0 aromatic carbocycles. The van der Waals surface area contributed by atoms with E-state index in [9.17, 15) is 0 Å². The van der Waals surface area contributed by atoms with Crippen LogP contribution in [0.25, 0.3) is 0 Å². The summed E-state index contributed by atoms with van der Waals surface area (Å²) in [5.74, 6) is 0. The molecule has 4 heteroatoms. The van der Waals surface area contributed by atoms with Crippen LogP contribution in [0.3, 0.4) is 0 Å². The van der Waals surface area contributed by atoms with Gasteiger partial charge in [0.1, 0.15) is 0 Å². The Kier molecular flexibility index (Phi) is 2.10. The molecule has 2 heterocycles. The lowest BCUT2D eigenvalue weighted by Gasteiger charge is -2.21. The number of rotatable bonds is 1. The molecule has 0 spiro atoms. The van der Waals surface area contributed by atoms with Crippen molar-refractivity contribution in [1.82, 2.24) is 4.90 Å². The fraction of sp³-hybridized carbons (Fsp3) is 0.625. The van der Waals surface area contributed by atoms with Gasteiger partial charge >= 0.3 is 0 Å². The van der Waals surface area contributed by atoms with E-state index in [2.05, 4.69) is 4.99 Å². The molecule has 2 aliphatic heterocycles. The highest BCUT2D eigenvalue weighted by Gasteiger charge is 2.22. The van der Waals surface area contributed by atoms with E-state index in [4.69, 9.17) is 9.47 Å². The Balaban J connectivity index is 2.02. The van der Waals surface area contributed by atoms with Gasteiger partial charge in [-0.1, -0.05) is 0 Å². The van der Waals surface area contributed by atoms with Crippen LogP contribution in [-0.2, 0) is 9.47 Å². The monoisotopic (exact) mass is 168 g/mol. The molecule has 0 aromatic heterocycles. The number of hydrogen-bond donors (Lipinski definition) is 0. The first-order chi connectivity index (χ1) is 5.86. The van der Waals surface area contributed by atoms with E-state index in [1.807, 2.05) is 18.1 Å². The maximum atomic E-state index is 5.35. The molecule has 1 fully saturated rings. The zero-order valence-electron chi connectivity index (χ0n) is 7.06. The van der Waals surface area contributed by atoms with Gasteiger partial charge in [0.15, 0.2) is 6.29 Å². The molecular weight excluding hydrogens is 156 g/mol. The van der Waals surface area contributed by atoms with Crippen LogP contribution in [0.15, 0.2) is 16.8 Å². The second kappa shape index (κ2) is 3.25. The molecule has 0 aromatic rings. The molecule has 0 saturated carbocycles. The van der Waals surface area contributed by atoms with Crippen molar-refractivity contribution in [2.45, 2.75) is 6.29 Å². The Hall–Kier alpha value is -0.870. The van der Waals surface area contributed by atoms with Crippen LogP contribution in [-0.4, -0.2) is 44.3 Å². The van der Waals surface area contributed by atoms with Gasteiger partial charge in [-0.3, -0.25) is 0 Å². The Morgan fingerprint density at radius 3 is 2.92 bits per heavy atom. The van der Waals surface area contributed by atoms with Crippen molar-refractivity contribution in [3.05, 3.63) is 11.8 Å². The van der Waals surface area contributed by atoms with E-state index >= 15 is 0 Å². The lowest BCUT2D eigenvalue weighted by Crippen LogP contribution is -2.27. The van der Waals surface area contributed by atoms with Crippen molar-refractivity contribution in [3.63, 3.8) is 0 Å². The lowest BCUT2D eigenvalue weighted by molar-refractivity contribution is -0.0143. The minimum atomic E-state index is -0.162. The van der Waals surface area contributed by atoms with Crippen LogP contribution in [0, 0.1) is 0 Å². The molecule has 0 unspecified atom stereocenters. The van der Waals surface area contributed by atoms with Crippen LogP contribution in [0.2, 0.25) is 0 Å². The summed E-state index contributed by atoms with van der Waals surface area (Å²) >= 11 is 0. The van der Waals surface area contributed by atoms with Crippen LogP contribution in [0.5, 0.6) is 0 Å². The van der Waals surface area contributed by atoms with E-state index in [1.165, 1.54) is 0 Å². The second-order valence-electron chi connectivity index (χ2n) is 2.96. The first-order valence-electron chi connectivity index (χ1n) is 4.02. The van der Waals surface area contributed by atoms with Gasteiger partial charge in [0, 0.05) is 25.4 Å². The van der Waals surface area contributed by atoms with Gasteiger partial charge in [-0.2, -0.15) is 0 Å². The molecule has 2 aliphatic rings. The average molecular weight is 168 g/mol. The SMILES string of the molecule is CN1C=NC=C(C2OCCO2)C1.